The predicted octanol–water partition coefficient (Wildman–Crippen LogP) is 2.27. The van der Waals surface area contributed by atoms with Crippen molar-refractivity contribution in [3.8, 4) is 0 Å². The maximum Gasteiger partial charge on any atom is 0.333 e. The Kier molecular flexibility index (Phi) is 4.83. The molecule has 2 rings (SSSR count). The molecule has 0 saturated carbocycles. The summed E-state index contributed by atoms with van der Waals surface area (Å²) in [5.74, 6) is -1.18. The Hall–Kier alpha value is -2.63. The molecule has 2 aromatic rings. The van der Waals surface area contributed by atoms with Gasteiger partial charge in [-0.15, -0.1) is 0 Å². The van der Waals surface area contributed by atoms with E-state index in [1.165, 1.54) is 13.1 Å². The third-order valence-corrected chi connectivity index (χ3v) is 3.59. The molecule has 122 valence electrons. The van der Waals surface area contributed by atoms with E-state index in [1.54, 1.807) is 41.2 Å². The van der Waals surface area contributed by atoms with Gasteiger partial charge in [-0.25, -0.2) is 4.79 Å². The summed E-state index contributed by atoms with van der Waals surface area (Å²) in [5.41, 5.74) is -0.650. The lowest BCUT2D eigenvalue weighted by atomic mass is 9.92. The van der Waals surface area contributed by atoms with Crippen molar-refractivity contribution in [3.63, 3.8) is 0 Å². The summed E-state index contributed by atoms with van der Waals surface area (Å²) in [6.45, 7) is 6.28. The summed E-state index contributed by atoms with van der Waals surface area (Å²) in [4.78, 5) is 24.1. The van der Waals surface area contributed by atoms with Crippen molar-refractivity contribution in [2.75, 3.05) is 0 Å². The van der Waals surface area contributed by atoms with Gasteiger partial charge in [0.2, 0.25) is 0 Å². The SMILES string of the molecule is CC(C)Cn1cc(C(=O)NC(C)(C(=O)O)c2ccccc2)cn1. The number of aliphatic carboxylic acids is 1. The summed E-state index contributed by atoms with van der Waals surface area (Å²) in [5, 5.41) is 16.3. The van der Waals surface area contributed by atoms with E-state index in [2.05, 4.69) is 24.3 Å². The molecule has 0 radical (unpaired) electrons. The van der Waals surface area contributed by atoms with Crippen LogP contribution in [0.2, 0.25) is 0 Å². The van der Waals surface area contributed by atoms with E-state index >= 15 is 0 Å². The van der Waals surface area contributed by atoms with Crippen molar-refractivity contribution >= 4 is 11.9 Å². The molecule has 0 saturated heterocycles. The van der Waals surface area contributed by atoms with Crippen molar-refractivity contribution in [1.82, 2.24) is 15.1 Å². The Balaban J connectivity index is 2.22. The molecule has 1 unspecified atom stereocenters. The van der Waals surface area contributed by atoms with Crippen LogP contribution in [0, 0.1) is 5.92 Å². The Labute approximate surface area is 135 Å². The first-order valence-corrected chi connectivity index (χ1v) is 7.47. The van der Waals surface area contributed by atoms with Gasteiger partial charge in [0.25, 0.3) is 5.91 Å². The van der Waals surface area contributed by atoms with Gasteiger partial charge in [-0.3, -0.25) is 9.48 Å². The first-order valence-electron chi connectivity index (χ1n) is 7.47. The second-order valence-electron chi connectivity index (χ2n) is 6.10. The lowest BCUT2D eigenvalue weighted by molar-refractivity contribution is -0.144. The number of carboxylic acids is 1. The third-order valence-electron chi connectivity index (χ3n) is 3.59. The number of nitrogens with zero attached hydrogens (tertiary/aromatic N) is 2. The fraction of sp³-hybridized carbons (Fsp3) is 0.353. The number of rotatable bonds is 6. The molecule has 2 N–H and O–H groups in total. The average molecular weight is 315 g/mol. The van der Waals surface area contributed by atoms with E-state index in [4.69, 9.17) is 0 Å². The van der Waals surface area contributed by atoms with Crippen LogP contribution in [0.4, 0.5) is 0 Å². The van der Waals surface area contributed by atoms with Gasteiger partial charge in [0, 0.05) is 12.7 Å². The maximum atomic E-state index is 12.4. The van der Waals surface area contributed by atoms with Crippen molar-refractivity contribution in [3.05, 3.63) is 53.9 Å². The fourth-order valence-electron chi connectivity index (χ4n) is 2.27. The Morgan fingerprint density at radius 1 is 1.30 bits per heavy atom. The van der Waals surface area contributed by atoms with Gasteiger partial charge in [-0.1, -0.05) is 44.2 Å². The molecule has 0 aliphatic heterocycles. The molecule has 1 aromatic heterocycles. The van der Waals surface area contributed by atoms with Crippen LogP contribution in [-0.4, -0.2) is 26.8 Å². The number of benzene rings is 1. The predicted molar refractivity (Wildman–Crippen MR) is 86.0 cm³/mol. The maximum absolute atomic E-state index is 12.4. The molecular formula is C17H21N3O3. The molecule has 23 heavy (non-hydrogen) atoms. The lowest BCUT2D eigenvalue weighted by Crippen LogP contribution is -2.49. The van der Waals surface area contributed by atoms with Gasteiger partial charge in [0.1, 0.15) is 0 Å². The van der Waals surface area contributed by atoms with Crippen molar-refractivity contribution in [2.45, 2.75) is 32.9 Å². The number of amides is 1. The van der Waals surface area contributed by atoms with Crippen molar-refractivity contribution in [2.24, 2.45) is 5.92 Å². The number of aromatic nitrogens is 2. The molecule has 1 amide bonds. The third kappa shape index (κ3) is 3.77. The fourth-order valence-corrected chi connectivity index (χ4v) is 2.27. The number of carbonyl (C=O) groups excluding carboxylic acids is 1. The van der Waals surface area contributed by atoms with Crippen LogP contribution < -0.4 is 5.32 Å². The monoisotopic (exact) mass is 315 g/mol. The van der Waals surface area contributed by atoms with Gasteiger partial charge < -0.3 is 10.4 Å². The lowest BCUT2D eigenvalue weighted by Gasteiger charge is -2.26. The number of hydrogen-bond acceptors (Lipinski definition) is 3. The first-order chi connectivity index (χ1) is 10.8. The minimum absolute atomic E-state index is 0.342. The van der Waals surface area contributed by atoms with Crippen LogP contribution in [-0.2, 0) is 16.9 Å². The molecular weight excluding hydrogens is 294 g/mol. The van der Waals surface area contributed by atoms with Gasteiger partial charge in [0.05, 0.1) is 11.8 Å². The van der Waals surface area contributed by atoms with Gasteiger partial charge >= 0.3 is 5.97 Å². The zero-order chi connectivity index (χ0) is 17.0. The highest BCUT2D eigenvalue weighted by Gasteiger charge is 2.37. The second-order valence-corrected chi connectivity index (χ2v) is 6.10. The van der Waals surface area contributed by atoms with Crippen LogP contribution in [0.15, 0.2) is 42.7 Å². The quantitative estimate of drug-likeness (QED) is 0.856. The number of carbonyl (C=O) groups is 2. The molecule has 1 atom stereocenters. The average Bonchev–Trinajstić information content (AvgIpc) is 2.95. The zero-order valence-electron chi connectivity index (χ0n) is 13.5. The van der Waals surface area contributed by atoms with Crippen LogP contribution >= 0.6 is 0 Å². The van der Waals surface area contributed by atoms with Crippen LogP contribution in [0.25, 0.3) is 0 Å². The molecule has 1 aromatic carbocycles. The summed E-state index contributed by atoms with van der Waals surface area (Å²) >= 11 is 0. The van der Waals surface area contributed by atoms with Crippen LogP contribution in [0.3, 0.4) is 0 Å². The molecule has 6 heteroatoms. The Morgan fingerprint density at radius 2 is 1.96 bits per heavy atom. The summed E-state index contributed by atoms with van der Waals surface area (Å²) < 4.78 is 1.68. The van der Waals surface area contributed by atoms with E-state index in [0.717, 1.165) is 0 Å². The van der Waals surface area contributed by atoms with Gasteiger partial charge in [-0.2, -0.15) is 5.10 Å². The van der Waals surface area contributed by atoms with Gasteiger partial charge in [0.15, 0.2) is 5.54 Å². The Bertz CT molecular complexity index is 694. The topological polar surface area (TPSA) is 84.2 Å². The summed E-state index contributed by atoms with van der Waals surface area (Å²) in [7, 11) is 0. The number of carboxylic acid groups (broad SMARTS) is 1. The largest absolute Gasteiger partial charge is 0.479 e. The summed E-state index contributed by atoms with van der Waals surface area (Å²) in [6.07, 6.45) is 3.08. The molecule has 0 aliphatic carbocycles. The second kappa shape index (κ2) is 6.64. The molecule has 0 aliphatic rings. The standard InChI is InChI=1S/C17H21N3O3/c1-12(2)10-20-11-13(9-18-20)15(21)19-17(3,16(22)23)14-7-5-4-6-8-14/h4-9,11-12H,10H2,1-3H3,(H,19,21)(H,22,23). The first kappa shape index (κ1) is 16.7. The zero-order valence-corrected chi connectivity index (χ0v) is 13.5. The van der Waals surface area contributed by atoms with Gasteiger partial charge in [-0.05, 0) is 18.4 Å². The number of nitrogens with one attached hydrogen (secondary N) is 1. The van der Waals surface area contributed by atoms with Crippen LogP contribution in [0.1, 0.15) is 36.7 Å². The highest BCUT2D eigenvalue weighted by Crippen LogP contribution is 2.21. The molecule has 0 fully saturated rings. The Morgan fingerprint density at radius 3 is 2.52 bits per heavy atom. The normalized spacial score (nSPS) is 13.6. The van der Waals surface area contributed by atoms with E-state index < -0.39 is 17.4 Å². The minimum Gasteiger partial charge on any atom is -0.479 e. The molecule has 1 heterocycles. The molecule has 0 bridgehead atoms. The smallest absolute Gasteiger partial charge is 0.333 e. The highest BCUT2D eigenvalue weighted by molar-refractivity contribution is 5.97. The number of hydrogen-bond donors (Lipinski definition) is 2. The van der Waals surface area contributed by atoms with E-state index in [0.29, 0.717) is 23.6 Å². The summed E-state index contributed by atoms with van der Waals surface area (Å²) in [6, 6.07) is 8.63. The van der Waals surface area contributed by atoms with E-state index in [-0.39, 0.29) is 0 Å². The van der Waals surface area contributed by atoms with Crippen molar-refractivity contribution < 1.29 is 14.7 Å². The van der Waals surface area contributed by atoms with Crippen LogP contribution in [0.5, 0.6) is 0 Å². The molecule has 6 nitrogen and oxygen atoms in total. The minimum atomic E-state index is -1.50. The highest BCUT2D eigenvalue weighted by atomic mass is 16.4. The van der Waals surface area contributed by atoms with E-state index in [1.807, 2.05) is 0 Å². The molecule has 0 spiro atoms. The van der Waals surface area contributed by atoms with E-state index in [9.17, 15) is 14.7 Å². The van der Waals surface area contributed by atoms with Crippen molar-refractivity contribution in [1.29, 1.82) is 0 Å².